The van der Waals surface area contributed by atoms with Crippen LogP contribution in [0.3, 0.4) is 0 Å². The number of aromatic amines is 1. The van der Waals surface area contributed by atoms with Crippen LogP contribution in [-0.2, 0) is 0 Å². The van der Waals surface area contributed by atoms with Crippen molar-refractivity contribution in [1.29, 1.82) is 0 Å². The van der Waals surface area contributed by atoms with Gasteiger partial charge >= 0.3 is 0 Å². The third kappa shape index (κ3) is 1.46. The topological polar surface area (TPSA) is 44.8 Å². The third-order valence-electron chi connectivity index (χ3n) is 1.82. The van der Waals surface area contributed by atoms with E-state index in [0.717, 1.165) is 15.5 Å². The van der Waals surface area contributed by atoms with Crippen LogP contribution in [0.1, 0.15) is 0 Å². The predicted octanol–water partition coefficient (Wildman–Crippen LogP) is 2.44. The summed E-state index contributed by atoms with van der Waals surface area (Å²) in [6.07, 6.45) is 1.80. The van der Waals surface area contributed by atoms with Crippen molar-refractivity contribution in [3.63, 3.8) is 0 Å². The molecule has 2 heterocycles. The minimum atomic E-state index is 0.435. The number of halogens is 2. The van der Waals surface area contributed by atoms with Gasteiger partial charge in [0.1, 0.15) is 11.0 Å². The van der Waals surface area contributed by atoms with Crippen molar-refractivity contribution >= 4 is 44.5 Å². The molecule has 0 bridgehead atoms. The van der Waals surface area contributed by atoms with E-state index in [4.69, 9.17) is 11.6 Å². The monoisotopic (exact) mass is 274 g/mol. The summed E-state index contributed by atoms with van der Waals surface area (Å²) in [4.78, 5) is 13.3. The first-order chi connectivity index (χ1) is 6.59. The van der Waals surface area contributed by atoms with Crippen molar-refractivity contribution in [2.75, 3.05) is 19.0 Å². The number of hydrogen-bond donors (Lipinski definition) is 1. The molecule has 0 aliphatic rings. The summed E-state index contributed by atoms with van der Waals surface area (Å²) in [7, 11) is 3.75. The van der Waals surface area contributed by atoms with Crippen LogP contribution in [0.4, 0.5) is 5.95 Å². The van der Waals surface area contributed by atoms with Gasteiger partial charge in [-0.1, -0.05) is 11.6 Å². The fourth-order valence-corrected chi connectivity index (χ4v) is 1.75. The number of aromatic nitrogens is 3. The molecule has 0 aromatic carbocycles. The molecule has 6 heteroatoms. The highest BCUT2D eigenvalue weighted by Crippen LogP contribution is 2.27. The zero-order valence-electron chi connectivity index (χ0n) is 7.67. The van der Waals surface area contributed by atoms with Gasteiger partial charge in [0.05, 0.1) is 4.47 Å². The number of anilines is 1. The normalized spacial score (nSPS) is 10.9. The van der Waals surface area contributed by atoms with E-state index in [1.165, 1.54) is 0 Å². The molecule has 0 amide bonds. The molecule has 0 saturated carbocycles. The quantitative estimate of drug-likeness (QED) is 0.813. The number of rotatable bonds is 1. The van der Waals surface area contributed by atoms with Crippen LogP contribution >= 0.6 is 27.5 Å². The smallest absolute Gasteiger partial charge is 0.226 e. The van der Waals surface area contributed by atoms with Gasteiger partial charge in [0.25, 0.3) is 0 Å². The molecular weight excluding hydrogens is 267 g/mol. The average Bonchev–Trinajstić information content (AvgIpc) is 2.48. The molecule has 0 aliphatic heterocycles. The van der Waals surface area contributed by atoms with Crippen LogP contribution in [0.2, 0.25) is 5.15 Å². The lowest BCUT2D eigenvalue weighted by Gasteiger charge is -2.09. The molecular formula is C8H8BrClN4. The Morgan fingerprint density at radius 2 is 2.14 bits per heavy atom. The minimum Gasteiger partial charge on any atom is -0.356 e. The fraction of sp³-hybridized carbons (Fsp3) is 0.250. The Morgan fingerprint density at radius 1 is 1.43 bits per heavy atom. The maximum absolute atomic E-state index is 5.99. The van der Waals surface area contributed by atoms with Gasteiger partial charge < -0.3 is 9.88 Å². The molecule has 1 N–H and O–H groups in total. The van der Waals surface area contributed by atoms with Gasteiger partial charge in [-0.3, -0.25) is 0 Å². The molecule has 0 fully saturated rings. The molecule has 0 radical (unpaired) electrons. The molecule has 14 heavy (non-hydrogen) atoms. The SMILES string of the molecule is CN(C)c1nc(Cl)c2[nH]cc(Br)c2n1. The zero-order chi connectivity index (χ0) is 10.3. The highest BCUT2D eigenvalue weighted by Gasteiger charge is 2.10. The van der Waals surface area contributed by atoms with Crippen LogP contribution in [0, 0.1) is 0 Å². The highest BCUT2D eigenvalue weighted by atomic mass is 79.9. The average molecular weight is 276 g/mol. The lowest BCUT2D eigenvalue weighted by Crippen LogP contribution is -2.12. The minimum absolute atomic E-state index is 0.435. The maximum atomic E-state index is 5.99. The molecule has 2 aromatic rings. The summed E-state index contributed by atoms with van der Waals surface area (Å²) in [6, 6.07) is 0. The molecule has 74 valence electrons. The van der Waals surface area contributed by atoms with E-state index in [2.05, 4.69) is 30.9 Å². The summed E-state index contributed by atoms with van der Waals surface area (Å²) in [5, 5.41) is 0.435. The number of fused-ring (bicyclic) bond motifs is 1. The summed E-state index contributed by atoms with van der Waals surface area (Å²) >= 11 is 9.38. The standard InChI is InChI=1S/C8H8BrClN4/c1-14(2)8-12-5-4(9)3-11-6(5)7(10)13-8/h3,11H,1-2H3. The zero-order valence-corrected chi connectivity index (χ0v) is 10.0. The second-order valence-electron chi connectivity index (χ2n) is 3.07. The van der Waals surface area contributed by atoms with Crippen LogP contribution in [0.5, 0.6) is 0 Å². The first-order valence-electron chi connectivity index (χ1n) is 3.97. The van der Waals surface area contributed by atoms with Crippen LogP contribution in [-0.4, -0.2) is 29.0 Å². The summed E-state index contributed by atoms with van der Waals surface area (Å²) < 4.78 is 0.889. The Labute approximate surface area is 94.4 Å². The Bertz CT molecular complexity index is 479. The molecule has 0 aliphatic carbocycles. The van der Waals surface area contributed by atoms with E-state index in [-0.39, 0.29) is 0 Å². The number of nitrogens with one attached hydrogen (secondary N) is 1. The molecule has 0 unspecified atom stereocenters. The van der Waals surface area contributed by atoms with Crippen molar-refractivity contribution in [3.05, 3.63) is 15.8 Å². The van der Waals surface area contributed by atoms with Crippen molar-refractivity contribution in [3.8, 4) is 0 Å². The third-order valence-corrected chi connectivity index (χ3v) is 2.70. The lowest BCUT2D eigenvalue weighted by molar-refractivity contribution is 1.02. The van der Waals surface area contributed by atoms with Gasteiger partial charge in [-0.25, -0.2) is 4.98 Å². The molecule has 2 rings (SSSR count). The van der Waals surface area contributed by atoms with E-state index < -0.39 is 0 Å². The molecule has 0 atom stereocenters. The lowest BCUT2D eigenvalue weighted by atomic mass is 10.4. The summed E-state index contributed by atoms with van der Waals surface area (Å²) in [6.45, 7) is 0. The van der Waals surface area contributed by atoms with Crippen LogP contribution in [0.15, 0.2) is 10.7 Å². The summed E-state index contributed by atoms with van der Waals surface area (Å²) in [5.41, 5.74) is 1.55. The molecule has 4 nitrogen and oxygen atoms in total. The second-order valence-corrected chi connectivity index (χ2v) is 4.28. The van der Waals surface area contributed by atoms with Gasteiger partial charge in [0.2, 0.25) is 5.95 Å². The Kier molecular flexibility index (Phi) is 2.36. The van der Waals surface area contributed by atoms with Crippen LogP contribution < -0.4 is 4.90 Å². The number of H-pyrrole nitrogens is 1. The molecule has 2 aromatic heterocycles. The van der Waals surface area contributed by atoms with Gasteiger partial charge in [0.15, 0.2) is 5.15 Å². The van der Waals surface area contributed by atoms with E-state index in [0.29, 0.717) is 11.1 Å². The van der Waals surface area contributed by atoms with Crippen molar-refractivity contribution in [2.45, 2.75) is 0 Å². The first-order valence-corrected chi connectivity index (χ1v) is 5.14. The Balaban J connectivity index is 2.75. The summed E-state index contributed by atoms with van der Waals surface area (Å²) in [5.74, 6) is 0.600. The second kappa shape index (κ2) is 3.40. The number of nitrogens with zero attached hydrogens (tertiary/aromatic N) is 3. The fourth-order valence-electron chi connectivity index (χ4n) is 1.13. The van der Waals surface area contributed by atoms with Crippen molar-refractivity contribution in [2.24, 2.45) is 0 Å². The first kappa shape index (κ1) is 9.73. The predicted molar refractivity (Wildman–Crippen MR) is 60.9 cm³/mol. The van der Waals surface area contributed by atoms with Crippen molar-refractivity contribution in [1.82, 2.24) is 15.0 Å². The highest BCUT2D eigenvalue weighted by molar-refractivity contribution is 9.10. The van der Waals surface area contributed by atoms with Gasteiger partial charge in [-0.2, -0.15) is 4.98 Å². The largest absolute Gasteiger partial charge is 0.356 e. The van der Waals surface area contributed by atoms with E-state index >= 15 is 0 Å². The van der Waals surface area contributed by atoms with E-state index in [1.807, 2.05) is 19.0 Å². The Morgan fingerprint density at radius 3 is 2.79 bits per heavy atom. The van der Waals surface area contributed by atoms with E-state index in [9.17, 15) is 0 Å². The van der Waals surface area contributed by atoms with Crippen molar-refractivity contribution < 1.29 is 0 Å². The van der Waals surface area contributed by atoms with Gasteiger partial charge in [0, 0.05) is 20.3 Å². The maximum Gasteiger partial charge on any atom is 0.226 e. The van der Waals surface area contributed by atoms with Crippen LogP contribution in [0.25, 0.3) is 11.0 Å². The van der Waals surface area contributed by atoms with E-state index in [1.54, 1.807) is 6.20 Å². The Hall–Kier alpha value is -0.810. The molecule has 0 spiro atoms. The van der Waals surface area contributed by atoms with Gasteiger partial charge in [-0.15, -0.1) is 0 Å². The van der Waals surface area contributed by atoms with Gasteiger partial charge in [-0.05, 0) is 15.9 Å². The molecule has 0 saturated heterocycles. The number of hydrogen-bond acceptors (Lipinski definition) is 3.